The molecular weight excluding hydrogens is 311 g/mol. The maximum absolute atomic E-state index is 11.4. The van der Waals surface area contributed by atoms with E-state index in [4.69, 9.17) is 28.4 Å². The van der Waals surface area contributed by atoms with E-state index >= 15 is 0 Å². The number of carbonyl (C=O) groups excluding carboxylic acids is 1. The number of amides is 1. The van der Waals surface area contributed by atoms with Gasteiger partial charge in [-0.2, -0.15) is 0 Å². The summed E-state index contributed by atoms with van der Waals surface area (Å²) in [5, 5.41) is 13.0. The van der Waals surface area contributed by atoms with Crippen molar-refractivity contribution in [1.29, 1.82) is 0 Å². The quantitative estimate of drug-likeness (QED) is 0.587. The molecule has 2 aromatic rings. The molecule has 0 spiro atoms. The molecule has 6 heteroatoms. The molecule has 0 atom stereocenters. The molecule has 0 fully saturated rings. The van der Waals surface area contributed by atoms with Gasteiger partial charge in [0.25, 0.3) is 5.91 Å². The molecule has 2 aromatic carbocycles. The number of hydroxylamine groups is 1. The highest BCUT2D eigenvalue weighted by molar-refractivity contribution is 6.36. The normalized spacial score (nSPS) is 10.3. The van der Waals surface area contributed by atoms with E-state index in [1.54, 1.807) is 41.9 Å². The predicted octanol–water partition coefficient (Wildman–Crippen LogP) is 4.03. The minimum absolute atomic E-state index is 0.357. The van der Waals surface area contributed by atoms with Crippen molar-refractivity contribution in [3.05, 3.63) is 63.1 Å². The first-order chi connectivity index (χ1) is 10.0. The van der Waals surface area contributed by atoms with E-state index in [1.807, 2.05) is 6.92 Å². The van der Waals surface area contributed by atoms with Crippen LogP contribution in [-0.4, -0.2) is 11.1 Å². The summed E-state index contributed by atoms with van der Waals surface area (Å²) in [4.78, 5) is 11.4. The van der Waals surface area contributed by atoms with Gasteiger partial charge in [0.1, 0.15) is 0 Å². The van der Waals surface area contributed by atoms with Crippen LogP contribution in [0.5, 0.6) is 0 Å². The Balaban J connectivity index is 2.22. The molecule has 21 heavy (non-hydrogen) atoms. The Morgan fingerprint density at radius 1 is 1.19 bits per heavy atom. The molecule has 1 amide bonds. The monoisotopic (exact) mass is 324 g/mol. The van der Waals surface area contributed by atoms with Crippen LogP contribution in [0.15, 0.2) is 36.4 Å². The van der Waals surface area contributed by atoms with Crippen LogP contribution in [-0.2, 0) is 6.54 Å². The molecule has 0 bridgehead atoms. The van der Waals surface area contributed by atoms with E-state index in [9.17, 15) is 4.79 Å². The second-order valence-corrected chi connectivity index (χ2v) is 5.34. The zero-order chi connectivity index (χ0) is 15.4. The van der Waals surface area contributed by atoms with Crippen molar-refractivity contribution in [3.63, 3.8) is 0 Å². The summed E-state index contributed by atoms with van der Waals surface area (Å²) in [6.45, 7) is 2.35. The number of benzene rings is 2. The summed E-state index contributed by atoms with van der Waals surface area (Å²) < 4.78 is 0. The Bertz CT molecular complexity index is 654. The Morgan fingerprint density at radius 3 is 2.48 bits per heavy atom. The Morgan fingerprint density at radius 2 is 1.86 bits per heavy atom. The van der Waals surface area contributed by atoms with Crippen LogP contribution in [0, 0.1) is 6.92 Å². The third-order valence-electron chi connectivity index (χ3n) is 3.12. The van der Waals surface area contributed by atoms with Crippen molar-refractivity contribution in [2.24, 2.45) is 0 Å². The van der Waals surface area contributed by atoms with Gasteiger partial charge in [0.2, 0.25) is 0 Å². The fourth-order valence-electron chi connectivity index (χ4n) is 1.90. The SMILES string of the molecule is Cc1ccc(C(=O)NO)cc1NCc1c(Cl)cccc1Cl. The van der Waals surface area contributed by atoms with Crippen molar-refractivity contribution < 1.29 is 10.0 Å². The van der Waals surface area contributed by atoms with Gasteiger partial charge in [0.05, 0.1) is 0 Å². The van der Waals surface area contributed by atoms with E-state index in [0.29, 0.717) is 22.2 Å². The number of hydrogen-bond acceptors (Lipinski definition) is 3. The Labute approximate surface area is 132 Å². The first-order valence-electron chi connectivity index (χ1n) is 6.24. The van der Waals surface area contributed by atoms with Crippen LogP contribution >= 0.6 is 23.2 Å². The van der Waals surface area contributed by atoms with Crippen LogP contribution in [0.4, 0.5) is 5.69 Å². The third kappa shape index (κ3) is 3.67. The van der Waals surface area contributed by atoms with Crippen molar-refractivity contribution in [1.82, 2.24) is 5.48 Å². The van der Waals surface area contributed by atoms with E-state index in [2.05, 4.69) is 5.32 Å². The van der Waals surface area contributed by atoms with Crippen LogP contribution in [0.25, 0.3) is 0 Å². The molecule has 0 aliphatic carbocycles. The standard InChI is InChI=1S/C15H14Cl2N2O2/c1-9-5-6-10(15(20)19-21)7-14(9)18-8-11-12(16)3-2-4-13(11)17/h2-7,18,21H,8H2,1H3,(H,19,20). The van der Waals surface area contributed by atoms with E-state index in [-0.39, 0.29) is 0 Å². The molecule has 0 aliphatic heterocycles. The lowest BCUT2D eigenvalue weighted by Gasteiger charge is -2.13. The summed E-state index contributed by atoms with van der Waals surface area (Å²) >= 11 is 12.2. The van der Waals surface area contributed by atoms with Gasteiger partial charge >= 0.3 is 0 Å². The topological polar surface area (TPSA) is 61.4 Å². The number of halogens is 2. The Hall–Kier alpha value is -1.75. The molecule has 0 aromatic heterocycles. The lowest BCUT2D eigenvalue weighted by Crippen LogP contribution is -2.18. The number of anilines is 1. The first kappa shape index (κ1) is 15.6. The minimum atomic E-state index is -0.561. The Kier molecular flexibility index (Phi) is 5.07. The maximum Gasteiger partial charge on any atom is 0.274 e. The zero-order valence-corrected chi connectivity index (χ0v) is 12.8. The highest BCUT2D eigenvalue weighted by atomic mass is 35.5. The van der Waals surface area contributed by atoms with Gasteiger partial charge in [0, 0.05) is 33.4 Å². The lowest BCUT2D eigenvalue weighted by molar-refractivity contribution is 0.0706. The van der Waals surface area contributed by atoms with Crippen molar-refractivity contribution in [3.8, 4) is 0 Å². The second kappa shape index (κ2) is 6.80. The summed E-state index contributed by atoms with van der Waals surface area (Å²) in [5.74, 6) is -0.561. The van der Waals surface area contributed by atoms with Gasteiger partial charge in [-0.25, -0.2) is 5.48 Å². The zero-order valence-electron chi connectivity index (χ0n) is 11.3. The highest BCUT2D eigenvalue weighted by Crippen LogP contribution is 2.26. The van der Waals surface area contributed by atoms with E-state index in [1.165, 1.54) is 0 Å². The van der Waals surface area contributed by atoms with Crippen LogP contribution in [0.2, 0.25) is 10.0 Å². The molecule has 0 saturated carbocycles. The third-order valence-corrected chi connectivity index (χ3v) is 3.83. The fourth-order valence-corrected chi connectivity index (χ4v) is 2.43. The predicted molar refractivity (Wildman–Crippen MR) is 84.2 cm³/mol. The smallest absolute Gasteiger partial charge is 0.274 e. The van der Waals surface area contributed by atoms with Crippen LogP contribution in [0.1, 0.15) is 21.5 Å². The number of carbonyl (C=O) groups is 1. The summed E-state index contributed by atoms with van der Waals surface area (Å²) in [7, 11) is 0. The van der Waals surface area contributed by atoms with Crippen LogP contribution < -0.4 is 10.8 Å². The molecule has 3 N–H and O–H groups in total. The van der Waals surface area contributed by atoms with Crippen LogP contribution in [0.3, 0.4) is 0 Å². The van der Waals surface area contributed by atoms with E-state index in [0.717, 1.165) is 16.8 Å². The molecule has 0 heterocycles. The van der Waals surface area contributed by atoms with Gasteiger partial charge in [-0.05, 0) is 36.8 Å². The fraction of sp³-hybridized carbons (Fsp3) is 0.133. The number of rotatable bonds is 4. The van der Waals surface area contributed by atoms with Gasteiger partial charge in [0.15, 0.2) is 0 Å². The van der Waals surface area contributed by atoms with Crippen molar-refractivity contribution in [2.45, 2.75) is 13.5 Å². The summed E-state index contributed by atoms with van der Waals surface area (Å²) in [5.41, 5.74) is 4.49. The van der Waals surface area contributed by atoms with Crippen molar-refractivity contribution in [2.75, 3.05) is 5.32 Å². The summed E-state index contributed by atoms with van der Waals surface area (Å²) in [6.07, 6.45) is 0. The van der Waals surface area contributed by atoms with E-state index < -0.39 is 5.91 Å². The second-order valence-electron chi connectivity index (χ2n) is 4.52. The number of hydrogen-bond donors (Lipinski definition) is 3. The molecule has 0 unspecified atom stereocenters. The molecule has 0 aliphatic rings. The maximum atomic E-state index is 11.4. The lowest BCUT2D eigenvalue weighted by atomic mass is 10.1. The summed E-state index contributed by atoms with van der Waals surface area (Å²) in [6, 6.07) is 10.4. The van der Waals surface area contributed by atoms with Gasteiger partial charge < -0.3 is 5.32 Å². The average molecular weight is 325 g/mol. The molecule has 2 rings (SSSR count). The first-order valence-corrected chi connectivity index (χ1v) is 7.00. The number of aryl methyl sites for hydroxylation is 1. The molecule has 110 valence electrons. The largest absolute Gasteiger partial charge is 0.381 e. The average Bonchev–Trinajstić information content (AvgIpc) is 2.47. The minimum Gasteiger partial charge on any atom is -0.381 e. The molecule has 0 radical (unpaired) electrons. The molecule has 0 saturated heterocycles. The molecule has 4 nitrogen and oxygen atoms in total. The van der Waals surface area contributed by atoms with Gasteiger partial charge in [-0.15, -0.1) is 0 Å². The number of nitrogens with one attached hydrogen (secondary N) is 2. The van der Waals surface area contributed by atoms with Crippen molar-refractivity contribution >= 4 is 34.8 Å². The van der Waals surface area contributed by atoms with Gasteiger partial charge in [-0.1, -0.05) is 35.3 Å². The van der Waals surface area contributed by atoms with Gasteiger partial charge in [-0.3, -0.25) is 10.0 Å². The molecular formula is C15H14Cl2N2O2. The highest BCUT2D eigenvalue weighted by Gasteiger charge is 2.09.